The van der Waals surface area contributed by atoms with Crippen LogP contribution in [-0.2, 0) is 14.3 Å². The molecule has 1 saturated carbocycles. The zero-order valence-electron chi connectivity index (χ0n) is 19.0. The molecule has 2 aliphatic rings. The Morgan fingerprint density at radius 3 is 2.47 bits per heavy atom. The van der Waals surface area contributed by atoms with Crippen molar-refractivity contribution >= 4 is 27.7 Å². The van der Waals surface area contributed by atoms with Gasteiger partial charge < -0.3 is 20.1 Å². The third kappa shape index (κ3) is 5.21. The van der Waals surface area contributed by atoms with Gasteiger partial charge in [0.15, 0.2) is 6.29 Å². The number of aromatic nitrogens is 2. The van der Waals surface area contributed by atoms with Crippen molar-refractivity contribution in [1.29, 1.82) is 0 Å². The molecule has 184 valence electrons. The molecule has 2 heterocycles. The molecule has 2 aromatic rings. The fourth-order valence-electron chi connectivity index (χ4n) is 3.82. The molecule has 2 atom stereocenters. The van der Waals surface area contributed by atoms with Gasteiger partial charge in [-0.15, -0.1) is 0 Å². The summed E-state index contributed by atoms with van der Waals surface area (Å²) in [6.07, 6.45) is -1.98. The maximum Gasteiger partial charge on any atom is 0.266 e. The minimum absolute atomic E-state index is 0.0598. The Morgan fingerprint density at radius 1 is 1.21 bits per heavy atom. The maximum absolute atomic E-state index is 14.8. The van der Waals surface area contributed by atoms with Crippen molar-refractivity contribution in [2.45, 2.75) is 62.7 Å². The largest absolute Gasteiger partial charge is 0.363 e. The number of hydrogen-bond acceptors (Lipinski definition) is 6. The Hall–Kier alpha value is -2.24. The molecule has 0 spiro atoms. The number of nitrogens with zero attached hydrogens (tertiary/aromatic N) is 2. The lowest BCUT2D eigenvalue weighted by atomic mass is 10.0. The number of anilines is 1. The van der Waals surface area contributed by atoms with E-state index in [0.29, 0.717) is 30.3 Å². The van der Waals surface area contributed by atoms with Crippen LogP contribution in [0.5, 0.6) is 0 Å². The van der Waals surface area contributed by atoms with Crippen molar-refractivity contribution in [2.24, 2.45) is 0 Å². The van der Waals surface area contributed by atoms with Crippen molar-refractivity contribution < 1.29 is 27.4 Å². The highest BCUT2D eigenvalue weighted by molar-refractivity contribution is 9.09. The smallest absolute Gasteiger partial charge is 0.266 e. The van der Waals surface area contributed by atoms with Crippen molar-refractivity contribution in [2.75, 3.05) is 18.5 Å². The summed E-state index contributed by atoms with van der Waals surface area (Å²) in [4.78, 5) is 21.1. The molecule has 34 heavy (non-hydrogen) atoms. The average Bonchev–Trinajstić information content (AvgIpc) is 3.26. The van der Waals surface area contributed by atoms with Crippen LogP contribution >= 0.6 is 15.9 Å². The summed E-state index contributed by atoms with van der Waals surface area (Å²) in [5.41, 5.74) is -0.0751. The van der Waals surface area contributed by atoms with E-state index in [1.165, 1.54) is 12.1 Å². The van der Waals surface area contributed by atoms with Crippen molar-refractivity contribution in [3.05, 3.63) is 52.2 Å². The van der Waals surface area contributed by atoms with Crippen molar-refractivity contribution in [1.82, 2.24) is 15.3 Å². The third-order valence-corrected chi connectivity index (χ3v) is 6.80. The molecule has 7 nitrogen and oxygen atoms in total. The number of hydrogen-bond donors (Lipinski definition) is 2. The first kappa shape index (κ1) is 24.9. The number of aryl methyl sites for hydroxylation is 1. The average molecular weight is 543 g/mol. The van der Waals surface area contributed by atoms with E-state index in [2.05, 4.69) is 36.5 Å². The van der Waals surface area contributed by atoms with E-state index in [-0.39, 0.29) is 22.8 Å². The molecule has 1 saturated heterocycles. The van der Waals surface area contributed by atoms with E-state index in [1.54, 1.807) is 13.8 Å². The molecule has 1 aliphatic heterocycles. The Kier molecular flexibility index (Phi) is 7.16. The van der Waals surface area contributed by atoms with Crippen LogP contribution in [0.3, 0.4) is 0 Å². The Labute approximate surface area is 204 Å². The molecule has 0 radical (unpaired) electrons. The SMILES string of the molecule is Cc1nc(N[C@H](C)c2cccc(C(F)F)c2F)c(C2OCCO2)c(C(Br)C(=O)NC2(C)CC2)n1. The second kappa shape index (κ2) is 9.79. The van der Waals surface area contributed by atoms with E-state index < -0.39 is 35.0 Å². The van der Waals surface area contributed by atoms with Gasteiger partial charge >= 0.3 is 0 Å². The van der Waals surface area contributed by atoms with E-state index in [1.807, 2.05) is 6.92 Å². The highest BCUT2D eigenvalue weighted by Gasteiger charge is 2.41. The monoisotopic (exact) mass is 542 g/mol. The number of ether oxygens (including phenoxy) is 2. The maximum atomic E-state index is 14.8. The zero-order valence-corrected chi connectivity index (χ0v) is 20.6. The van der Waals surface area contributed by atoms with Crippen LogP contribution in [0.15, 0.2) is 18.2 Å². The number of benzene rings is 1. The minimum Gasteiger partial charge on any atom is -0.363 e. The zero-order chi connectivity index (χ0) is 24.6. The van der Waals surface area contributed by atoms with Crippen LogP contribution in [0.25, 0.3) is 0 Å². The summed E-state index contributed by atoms with van der Waals surface area (Å²) >= 11 is 3.46. The summed E-state index contributed by atoms with van der Waals surface area (Å²) < 4.78 is 52.6. The quantitative estimate of drug-likeness (QED) is 0.447. The summed E-state index contributed by atoms with van der Waals surface area (Å²) in [7, 11) is 0. The molecule has 2 fully saturated rings. The van der Waals surface area contributed by atoms with Crippen molar-refractivity contribution in [3.63, 3.8) is 0 Å². The second-order valence-electron chi connectivity index (χ2n) is 8.82. The highest BCUT2D eigenvalue weighted by Crippen LogP contribution is 2.40. The molecule has 1 aromatic carbocycles. The summed E-state index contributed by atoms with van der Waals surface area (Å²) in [6, 6.07) is 3.15. The van der Waals surface area contributed by atoms with Crippen LogP contribution in [0.2, 0.25) is 0 Å². The Balaban J connectivity index is 1.71. The van der Waals surface area contributed by atoms with Crippen LogP contribution in [-0.4, -0.2) is 34.6 Å². The van der Waals surface area contributed by atoms with Gasteiger partial charge in [0, 0.05) is 11.1 Å². The molecule has 1 unspecified atom stereocenters. The summed E-state index contributed by atoms with van der Waals surface area (Å²) in [5, 5.41) is 6.10. The minimum atomic E-state index is -2.93. The fraction of sp³-hybridized carbons (Fsp3) is 0.522. The van der Waals surface area contributed by atoms with E-state index >= 15 is 0 Å². The topological polar surface area (TPSA) is 85.4 Å². The van der Waals surface area contributed by atoms with Gasteiger partial charge in [-0.1, -0.05) is 34.1 Å². The van der Waals surface area contributed by atoms with Crippen molar-refractivity contribution in [3.8, 4) is 0 Å². The van der Waals surface area contributed by atoms with Gasteiger partial charge in [-0.2, -0.15) is 0 Å². The first-order valence-electron chi connectivity index (χ1n) is 11.0. The normalized spacial score (nSPS) is 19.2. The Bertz CT molecular complexity index is 1080. The molecular weight excluding hydrogens is 517 g/mol. The van der Waals surface area contributed by atoms with Gasteiger partial charge in [-0.25, -0.2) is 23.1 Å². The molecule has 0 bridgehead atoms. The standard InChI is InChI=1S/C23H26BrF3N4O3/c1-11(13-5-4-6-14(17(13)25)19(26)27)28-20-15(22-33-9-10-34-22)18(29-12(2)30-20)16(24)21(32)31-23(3)7-8-23/h4-6,11,16,19,22H,7-10H2,1-3H3,(H,31,32)(H,28,29,30)/t11-,16?/m1/s1. The number of alkyl halides is 3. The summed E-state index contributed by atoms with van der Waals surface area (Å²) in [6.45, 7) is 5.95. The van der Waals surface area contributed by atoms with Crippen LogP contribution in [0, 0.1) is 12.7 Å². The molecule has 1 aliphatic carbocycles. The van der Waals surface area contributed by atoms with Gasteiger partial charge in [0.2, 0.25) is 5.91 Å². The highest BCUT2D eigenvalue weighted by atomic mass is 79.9. The van der Waals surface area contributed by atoms with Crippen LogP contribution in [0.4, 0.5) is 19.0 Å². The number of carbonyl (C=O) groups excluding carboxylic acids is 1. The first-order chi connectivity index (χ1) is 16.1. The van der Waals surface area contributed by atoms with E-state index in [4.69, 9.17) is 9.47 Å². The number of amides is 1. The van der Waals surface area contributed by atoms with Crippen LogP contribution < -0.4 is 10.6 Å². The molecular formula is C23H26BrF3N4O3. The van der Waals surface area contributed by atoms with Gasteiger partial charge in [0.1, 0.15) is 22.3 Å². The lowest BCUT2D eigenvalue weighted by molar-refractivity contribution is -0.121. The van der Waals surface area contributed by atoms with Crippen LogP contribution in [0.1, 0.15) is 78.5 Å². The second-order valence-corrected chi connectivity index (χ2v) is 9.74. The van der Waals surface area contributed by atoms with E-state index in [9.17, 15) is 18.0 Å². The van der Waals surface area contributed by atoms with E-state index in [0.717, 1.165) is 18.9 Å². The van der Waals surface area contributed by atoms with Gasteiger partial charge in [0.05, 0.1) is 36.1 Å². The molecule has 1 amide bonds. The van der Waals surface area contributed by atoms with Gasteiger partial charge in [-0.3, -0.25) is 4.79 Å². The predicted octanol–water partition coefficient (Wildman–Crippen LogP) is 5.18. The molecule has 4 rings (SSSR count). The molecule has 11 heteroatoms. The number of halogens is 4. The number of nitrogens with one attached hydrogen (secondary N) is 2. The lowest BCUT2D eigenvalue weighted by Crippen LogP contribution is -2.37. The number of carbonyl (C=O) groups is 1. The first-order valence-corrected chi connectivity index (χ1v) is 11.9. The van der Waals surface area contributed by atoms with Gasteiger partial charge in [-0.05, 0) is 33.6 Å². The molecule has 1 aromatic heterocycles. The Morgan fingerprint density at radius 2 is 1.85 bits per heavy atom. The third-order valence-electron chi connectivity index (χ3n) is 5.95. The predicted molar refractivity (Wildman–Crippen MR) is 122 cm³/mol. The number of rotatable bonds is 8. The lowest BCUT2D eigenvalue weighted by Gasteiger charge is -2.24. The van der Waals surface area contributed by atoms with Gasteiger partial charge in [0.25, 0.3) is 6.43 Å². The summed E-state index contributed by atoms with van der Waals surface area (Å²) in [5.74, 6) is -0.595. The molecule has 2 N–H and O–H groups in total. The fourth-order valence-corrected chi connectivity index (χ4v) is 4.28.